The number of carbonyl (C=O) groups excluding carboxylic acids is 1. The zero-order valence-corrected chi connectivity index (χ0v) is 14.0. The number of Topliss-reactive ketones (excluding diaryl/α,β-unsaturated/α-hetero) is 1. The minimum Gasteiger partial charge on any atom is -0.297 e. The topological polar surface area (TPSA) is 17.1 Å². The normalized spacial score (nSPS) is 29.6. The van der Waals surface area contributed by atoms with E-state index in [0.29, 0.717) is 5.78 Å². The summed E-state index contributed by atoms with van der Waals surface area (Å²) in [6, 6.07) is 0. The zero-order chi connectivity index (χ0) is 12.7. The van der Waals surface area contributed by atoms with E-state index in [1.54, 1.807) is 0 Å². The average Bonchev–Trinajstić information content (AvgIpc) is 2.31. The van der Waals surface area contributed by atoms with E-state index < -0.39 is 0 Å². The zero-order valence-electron chi connectivity index (χ0n) is 10.8. The Hall–Kier alpha value is 0.630. The Morgan fingerprint density at radius 1 is 1.24 bits per heavy atom. The Labute approximate surface area is 122 Å². The fourth-order valence-electron chi connectivity index (χ4n) is 2.53. The van der Waals surface area contributed by atoms with E-state index in [1.807, 2.05) is 0 Å². The fourth-order valence-corrected chi connectivity index (χ4v) is 4.44. The monoisotopic (exact) mass is 366 g/mol. The summed E-state index contributed by atoms with van der Waals surface area (Å²) in [5.41, 5.74) is 0. The number of ketones is 1. The Morgan fingerprint density at radius 2 is 1.88 bits per heavy atom. The van der Waals surface area contributed by atoms with Gasteiger partial charge in [-0.2, -0.15) is 0 Å². The van der Waals surface area contributed by atoms with Crippen molar-refractivity contribution in [1.82, 2.24) is 0 Å². The van der Waals surface area contributed by atoms with E-state index in [-0.39, 0.29) is 9.15 Å². The summed E-state index contributed by atoms with van der Waals surface area (Å²) < 4.78 is -0.218. The smallest absolute Gasteiger partial charge is 0.163 e. The maximum absolute atomic E-state index is 12.1. The maximum atomic E-state index is 12.1. The molecule has 2 atom stereocenters. The van der Waals surface area contributed by atoms with E-state index in [1.165, 1.54) is 38.5 Å². The highest BCUT2D eigenvalue weighted by Crippen LogP contribution is 2.39. The van der Waals surface area contributed by atoms with Crippen LogP contribution in [0, 0.1) is 0 Å². The molecule has 1 nitrogen and oxygen atoms in total. The molecular formula is C14H24Br2O. The van der Waals surface area contributed by atoms with Gasteiger partial charge in [-0.15, -0.1) is 0 Å². The summed E-state index contributed by atoms with van der Waals surface area (Å²) in [5, 5.41) is 0. The van der Waals surface area contributed by atoms with Gasteiger partial charge in [0.2, 0.25) is 0 Å². The molecule has 0 radical (unpaired) electrons. The van der Waals surface area contributed by atoms with E-state index >= 15 is 0 Å². The highest BCUT2D eigenvalue weighted by Gasteiger charge is 2.40. The van der Waals surface area contributed by atoms with Crippen LogP contribution in [0.1, 0.15) is 71.1 Å². The lowest BCUT2D eigenvalue weighted by molar-refractivity contribution is -0.122. The number of hydrogen-bond donors (Lipinski definition) is 0. The molecule has 0 spiro atoms. The second-order valence-electron chi connectivity index (χ2n) is 5.21. The molecule has 0 aliphatic heterocycles. The summed E-state index contributed by atoms with van der Waals surface area (Å²) >= 11 is 7.20. The third kappa shape index (κ3) is 5.02. The van der Waals surface area contributed by atoms with Gasteiger partial charge in [-0.05, 0) is 19.3 Å². The van der Waals surface area contributed by atoms with Crippen molar-refractivity contribution < 1.29 is 4.79 Å². The van der Waals surface area contributed by atoms with Gasteiger partial charge < -0.3 is 0 Å². The van der Waals surface area contributed by atoms with Crippen LogP contribution >= 0.6 is 31.9 Å². The van der Waals surface area contributed by atoms with Crippen molar-refractivity contribution in [3.63, 3.8) is 0 Å². The van der Waals surface area contributed by atoms with Gasteiger partial charge in [-0.3, -0.25) is 4.79 Å². The van der Waals surface area contributed by atoms with E-state index in [2.05, 4.69) is 38.8 Å². The highest BCUT2D eigenvalue weighted by atomic mass is 79.9. The van der Waals surface area contributed by atoms with Crippen molar-refractivity contribution in [3.8, 4) is 0 Å². The van der Waals surface area contributed by atoms with Gasteiger partial charge in [0.25, 0.3) is 0 Å². The first-order valence-electron chi connectivity index (χ1n) is 6.97. The van der Waals surface area contributed by atoms with Gasteiger partial charge in [0.1, 0.15) is 0 Å². The maximum Gasteiger partial charge on any atom is 0.163 e. The minimum absolute atomic E-state index is 0.0794. The molecule has 1 aliphatic rings. The third-order valence-electron chi connectivity index (χ3n) is 3.68. The number of rotatable bonds is 7. The molecule has 1 aliphatic carbocycles. The van der Waals surface area contributed by atoms with Crippen LogP contribution < -0.4 is 0 Å². The summed E-state index contributed by atoms with van der Waals surface area (Å²) in [5.74, 6) is 0.373. The quantitative estimate of drug-likeness (QED) is 0.435. The number of alkyl halides is 2. The molecule has 3 heteroatoms. The lowest BCUT2D eigenvalue weighted by Gasteiger charge is -2.32. The number of unbranched alkanes of at least 4 members (excludes halogenated alkanes) is 5. The van der Waals surface area contributed by atoms with Crippen LogP contribution in [0.2, 0.25) is 0 Å². The molecule has 17 heavy (non-hydrogen) atoms. The Morgan fingerprint density at radius 3 is 2.59 bits per heavy atom. The lowest BCUT2D eigenvalue weighted by Crippen LogP contribution is -2.41. The summed E-state index contributed by atoms with van der Waals surface area (Å²) in [6.07, 6.45) is 12.0. The van der Waals surface area contributed by atoms with Gasteiger partial charge in [0.05, 0.1) is 9.15 Å². The molecule has 0 aromatic carbocycles. The van der Waals surface area contributed by atoms with Crippen LogP contribution in [-0.4, -0.2) is 14.9 Å². The first-order chi connectivity index (χ1) is 8.10. The molecule has 0 aromatic rings. The molecule has 1 saturated carbocycles. The van der Waals surface area contributed by atoms with E-state index in [9.17, 15) is 4.79 Å². The number of halogens is 2. The third-order valence-corrected chi connectivity index (χ3v) is 5.74. The molecule has 100 valence electrons. The molecule has 1 fully saturated rings. The molecule has 0 bridgehead atoms. The summed E-state index contributed by atoms with van der Waals surface area (Å²) in [7, 11) is 0. The molecule has 0 heterocycles. The predicted molar refractivity (Wildman–Crippen MR) is 81.2 cm³/mol. The van der Waals surface area contributed by atoms with Crippen molar-refractivity contribution in [3.05, 3.63) is 0 Å². The molecule has 2 unspecified atom stereocenters. The SMILES string of the molecule is CCCCCCCCC1(Br)CCCC(Br)C1=O. The molecule has 0 aromatic heterocycles. The Balaban J connectivity index is 2.22. The van der Waals surface area contributed by atoms with Crippen LogP contribution in [0.5, 0.6) is 0 Å². The number of carbonyl (C=O) groups is 1. The Bertz CT molecular complexity index is 242. The fraction of sp³-hybridized carbons (Fsp3) is 0.929. The highest BCUT2D eigenvalue weighted by molar-refractivity contribution is 9.11. The first kappa shape index (κ1) is 15.7. The van der Waals surface area contributed by atoms with Crippen molar-refractivity contribution in [2.24, 2.45) is 0 Å². The van der Waals surface area contributed by atoms with Gasteiger partial charge in [-0.1, -0.05) is 83.7 Å². The summed E-state index contributed by atoms with van der Waals surface area (Å²) in [6.45, 7) is 2.24. The summed E-state index contributed by atoms with van der Waals surface area (Å²) in [4.78, 5) is 12.2. The van der Waals surface area contributed by atoms with Crippen LogP contribution in [0.4, 0.5) is 0 Å². The van der Waals surface area contributed by atoms with Crippen LogP contribution in [0.15, 0.2) is 0 Å². The van der Waals surface area contributed by atoms with Crippen molar-refractivity contribution in [1.29, 1.82) is 0 Å². The Kier molecular flexibility index (Phi) is 7.32. The van der Waals surface area contributed by atoms with Crippen molar-refractivity contribution >= 4 is 37.6 Å². The molecule has 0 amide bonds. The lowest BCUT2D eigenvalue weighted by atomic mass is 9.84. The largest absolute Gasteiger partial charge is 0.297 e. The predicted octanol–water partition coefficient (Wildman–Crippen LogP) is 5.39. The van der Waals surface area contributed by atoms with Crippen molar-refractivity contribution in [2.75, 3.05) is 0 Å². The van der Waals surface area contributed by atoms with Gasteiger partial charge in [0, 0.05) is 0 Å². The van der Waals surface area contributed by atoms with E-state index in [0.717, 1.165) is 25.7 Å². The van der Waals surface area contributed by atoms with Crippen LogP contribution in [-0.2, 0) is 4.79 Å². The van der Waals surface area contributed by atoms with E-state index in [4.69, 9.17) is 0 Å². The molecule has 1 rings (SSSR count). The van der Waals surface area contributed by atoms with Crippen LogP contribution in [0.3, 0.4) is 0 Å². The number of hydrogen-bond acceptors (Lipinski definition) is 1. The van der Waals surface area contributed by atoms with Crippen molar-refractivity contribution in [2.45, 2.75) is 80.3 Å². The molecule has 0 saturated heterocycles. The molecular weight excluding hydrogens is 344 g/mol. The minimum atomic E-state index is -0.218. The van der Waals surface area contributed by atoms with Gasteiger partial charge in [-0.25, -0.2) is 0 Å². The standard InChI is InChI=1S/C14H24Br2O/c1-2-3-4-5-6-7-10-14(16)11-8-9-12(15)13(14)17/h12H,2-11H2,1H3. The first-order valence-corrected chi connectivity index (χ1v) is 8.68. The second kappa shape index (κ2) is 7.93. The second-order valence-corrected chi connectivity index (χ2v) is 7.83. The molecule has 0 N–H and O–H groups in total. The van der Waals surface area contributed by atoms with Gasteiger partial charge >= 0.3 is 0 Å². The van der Waals surface area contributed by atoms with Crippen LogP contribution in [0.25, 0.3) is 0 Å². The van der Waals surface area contributed by atoms with Gasteiger partial charge in [0.15, 0.2) is 5.78 Å². The average molecular weight is 368 g/mol.